The van der Waals surface area contributed by atoms with Gasteiger partial charge in [0.15, 0.2) is 0 Å². The Morgan fingerprint density at radius 2 is 1.05 bits per heavy atom. The van der Waals surface area contributed by atoms with E-state index in [4.69, 9.17) is 15.9 Å². The number of hydrogen-bond acceptors (Lipinski definition) is 3. The number of nitrogens with two attached hydrogens (primary N) is 1. The molecule has 21 heavy (non-hydrogen) atoms. The van der Waals surface area contributed by atoms with Crippen molar-refractivity contribution in [3.63, 3.8) is 0 Å². The van der Waals surface area contributed by atoms with Gasteiger partial charge in [0, 0.05) is 18.8 Å². The SMILES string of the molecule is CCCCCCCCCCCCC(N)(CCO)CCO.Cl. The van der Waals surface area contributed by atoms with Crippen molar-refractivity contribution in [2.45, 2.75) is 95.9 Å². The molecule has 0 aromatic heterocycles. The summed E-state index contributed by atoms with van der Waals surface area (Å²) in [5, 5.41) is 18.1. The molecule has 0 atom stereocenters. The molecular formula is C17H38ClNO2. The summed E-state index contributed by atoms with van der Waals surface area (Å²) in [6.07, 6.45) is 15.3. The highest BCUT2D eigenvalue weighted by atomic mass is 35.5. The van der Waals surface area contributed by atoms with Gasteiger partial charge in [-0.3, -0.25) is 0 Å². The first-order valence-electron chi connectivity index (χ1n) is 8.69. The zero-order chi connectivity index (χ0) is 15.1. The molecule has 0 aliphatic carbocycles. The molecule has 4 N–H and O–H groups in total. The molecule has 0 unspecified atom stereocenters. The van der Waals surface area contributed by atoms with Gasteiger partial charge in [0.05, 0.1) is 0 Å². The maximum atomic E-state index is 9.03. The number of halogens is 1. The van der Waals surface area contributed by atoms with Gasteiger partial charge in [0.25, 0.3) is 0 Å². The van der Waals surface area contributed by atoms with E-state index in [1.54, 1.807) is 0 Å². The van der Waals surface area contributed by atoms with E-state index in [-0.39, 0.29) is 31.2 Å². The number of rotatable bonds is 15. The average molecular weight is 324 g/mol. The number of aliphatic hydroxyl groups excluding tert-OH is 2. The summed E-state index contributed by atoms with van der Waals surface area (Å²) in [6.45, 7) is 2.49. The van der Waals surface area contributed by atoms with Crippen LogP contribution < -0.4 is 5.73 Å². The van der Waals surface area contributed by atoms with Gasteiger partial charge in [-0.05, 0) is 19.3 Å². The molecule has 0 heterocycles. The monoisotopic (exact) mass is 323 g/mol. The lowest BCUT2D eigenvalue weighted by atomic mass is 9.87. The van der Waals surface area contributed by atoms with Crippen molar-refractivity contribution < 1.29 is 10.2 Å². The third kappa shape index (κ3) is 14.9. The summed E-state index contributed by atoms with van der Waals surface area (Å²) in [6, 6.07) is 0. The largest absolute Gasteiger partial charge is 0.396 e. The third-order valence-corrected chi connectivity index (χ3v) is 4.25. The molecule has 0 aliphatic rings. The summed E-state index contributed by atoms with van der Waals surface area (Å²) in [4.78, 5) is 0. The Morgan fingerprint density at radius 3 is 1.43 bits per heavy atom. The Balaban J connectivity index is 0. The fraction of sp³-hybridized carbons (Fsp3) is 1.00. The predicted octanol–water partition coefficient (Wildman–Crippen LogP) is 4.18. The highest BCUT2D eigenvalue weighted by Gasteiger charge is 2.22. The summed E-state index contributed by atoms with van der Waals surface area (Å²) in [5.41, 5.74) is 5.85. The number of unbranched alkanes of at least 4 members (excludes halogenated alkanes) is 9. The van der Waals surface area contributed by atoms with Gasteiger partial charge < -0.3 is 15.9 Å². The molecular weight excluding hydrogens is 286 g/mol. The number of aliphatic hydroxyl groups is 2. The van der Waals surface area contributed by atoms with E-state index in [0.29, 0.717) is 12.8 Å². The van der Waals surface area contributed by atoms with Gasteiger partial charge in [-0.25, -0.2) is 0 Å². The summed E-state index contributed by atoms with van der Waals surface area (Å²) in [5.74, 6) is 0. The molecule has 0 aromatic carbocycles. The van der Waals surface area contributed by atoms with Crippen LogP contribution >= 0.6 is 12.4 Å². The van der Waals surface area contributed by atoms with E-state index in [1.807, 2.05) is 0 Å². The predicted molar refractivity (Wildman–Crippen MR) is 94.0 cm³/mol. The van der Waals surface area contributed by atoms with Crippen LogP contribution in [0.25, 0.3) is 0 Å². The van der Waals surface area contributed by atoms with Crippen LogP contribution in [0.4, 0.5) is 0 Å². The van der Waals surface area contributed by atoms with Crippen molar-refractivity contribution >= 4 is 12.4 Å². The molecule has 0 amide bonds. The Labute approximate surface area is 138 Å². The molecule has 0 aromatic rings. The molecule has 4 heteroatoms. The Kier molecular flexibility index (Phi) is 18.5. The fourth-order valence-corrected chi connectivity index (χ4v) is 2.78. The molecule has 0 bridgehead atoms. The Morgan fingerprint density at radius 1 is 0.667 bits per heavy atom. The van der Waals surface area contributed by atoms with Gasteiger partial charge in [0.1, 0.15) is 0 Å². The lowest BCUT2D eigenvalue weighted by Crippen LogP contribution is -2.41. The van der Waals surface area contributed by atoms with E-state index in [0.717, 1.165) is 12.8 Å². The second-order valence-electron chi connectivity index (χ2n) is 6.24. The first-order chi connectivity index (χ1) is 9.68. The molecule has 0 saturated heterocycles. The quantitative estimate of drug-likeness (QED) is 0.396. The topological polar surface area (TPSA) is 66.5 Å². The highest BCUT2D eigenvalue weighted by molar-refractivity contribution is 5.85. The molecule has 0 aliphatic heterocycles. The standard InChI is InChI=1S/C17H37NO2.ClH/c1-2-3-4-5-6-7-8-9-10-11-12-17(18,13-15-19)14-16-20;/h19-20H,2-16,18H2,1H3;1H. The maximum Gasteiger partial charge on any atom is 0.0448 e. The molecule has 130 valence electrons. The summed E-state index contributed by atoms with van der Waals surface area (Å²) < 4.78 is 0. The molecule has 0 fully saturated rings. The smallest absolute Gasteiger partial charge is 0.0448 e. The summed E-state index contributed by atoms with van der Waals surface area (Å²) in [7, 11) is 0. The normalized spacial score (nSPS) is 11.4. The summed E-state index contributed by atoms with van der Waals surface area (Å²) >= 11 is 0. The van der Waals surface area contributed by atoms with Gasteiger partial charge >= 0.3 is 0 Å². The van der Waals surface area contributed by atoms with Crippen molar-refractivity contribution in [3.8, 4) is 0 Å². The van der Waals surface area contributed by atoms with Crippen LogP contribution in [0.2, 0.25) is 0 Å². The van der Waals surface area contributed by atoms with Gasteiger partial charge in [-0.2, -0.15) is 0 Å². The van der Waals surface area contributed by atoms with Crippen LogP contribution in [-0.4, -0.2) is 29.0 Å². The number of hydrogen-bond donors (Lipinski definition) is 3. The van der Waals surface area contributed by atoms with Crippen molar-refractivity contribution in [1.29, 1.82) is 0 Å². The van der Waals surface area contributed by atoms with Gasteiger partial charge in [0.2, 0.25) is 0 Å². The van der Waals surface area contributed by atoms with Crippen LogP contribution in [0.1, 0.15) is 90.4 Å². The third-order valence-electron chi connectivity index (χ3n) is 4.25. The second-order valence-corrected chi connectivity index (χ2v) is 6.24. The zero-order valence-electron chi connectivity index (χ0n) is 14.0. The molecule has 0 spiro atoms. The molecule has 0 radical (unpaired) electrons. The van der Waals surface area contributed by atoms with Gasteiger partial charge in [-0.1, -0.05) is 71.1 Å². The van der Waals surface area contributed by atoms with E-state index < -0.39 is 0 Å². The van der Waals surface area contributed by atoms with Crippen molar-refractivity contribution in [2.75, 3.05) is 13.2 Å². The first kappa shape index (κ1) is 23.4. The van der Waals surface area contributed by atoms with Crippen molar-refractivity contribution in [2.24, 2.45) is 5.73 Å². The van der Waals surface area contributed by atoms with Crippen molar-refractivity contribution in [3.05, 3.63) is 0 Å². The zero-order valence-corrected chi connectivity index (χ0v) is 14.8. The lowest BCUT2D eigenvalue weighted by molar-refractivity contribution is 0.183. The van der Waals surface area contributed by atoms with E-state index >= 15 is 0 Å². The maximum absolute atomic E-state index is 9.03. The van der Waals surface area contributed by atoms with Gasteiger partial charge in [-0.15, -0.1) is 12.4 Å². The lowest BCUT2D eigenvalue weighted by Gasteiger charge is -2.28. The van der Waals surface area contributed by atoms with Crippen LogP contribution in [0.5, 0.6) is 0 Å². The minimum absolute atomic E-state index is 0. The van der Waals surface area contributed by atoms with Crippen molar-refractivity contribution in [1.82, 2.24) is 0 Å². The van der Waals surface area contributed by atoms with Crippen LogP contribution in [0.15, 0.2) is 0 Å². The van der Waals surface area contributed by atoms with E-state index in [2.05, 4.69) is 6.92 Å². The van der Waals surface area contributed by atoms with Crippen LogP contribution in [0.3, 0.4) is 0 Å². The molecule has 3 nitrogen and oxygen atoms in total. The average Bonchev–Trinajstić information content (AvgIpc) is 2.41. The fourth-order valence-electron chi connectivity index (χ4n) is 2.78. The minimum atomic E-state index is -0.357. The molecule has 0 saturated carbocycles. The Bertz CT molecular complexity index is 197. The highest BCUT2D eigenvalue weighted by Crippen LogP contribution is 2.20. The van der Waals surface area contributed by atoms with Crippen LogP contribution in [0, 0.1) is 0 Å². The van der Waals surface area contributed by atoms with E-state index in [9.17, 15) is 0 Å². The van der Waals surface area contributed by atoms with Crippen LogP contribution in [-0.2, 0) is 0 Å². The molecule has 0 rings (SSSR count). The van der Waals surface area contributed by atoms with E-state index in [1.165, 1.54) is 57.8 Å². The minimum Gasteiger partial charge on any atom is -0.396 e. The first-order valence-corrected chi connectivity index (χ1v) is 8.69. The second kappa shape index (κ2) is 16.5. The Hall–Kier alpha value is 0.170.